The van der Waals surface area contributed by atoms with E-state index in [2.05, 4.69) is 5.32 Å². The summed E-state index contributed by atoms with van der Waals surface area (Å²) < 4.78 is 28.2. The van der Waals surface area contributed by atoms with E-state index in [9.17, 15) is 13.2 Å². The third-order valence-corrected chi connectivity index (χ3v) is 4.78. The lowest BCUT2D eigenvalue weighted by molar-refractivity contribution is 0.109. The van der Waals surface area contributed by atoms with Gasteiger partial charge in [-0.15, -0.1) is 0 Å². The second-order valence-electron chi connectivity index (χ2n) is 4.30. The van der Waals surface area contributed by atoms with Crippen LogP contribution >= 0.6 is 23.4 Å². The minimum Gasteiger partial charge on any atom is -0.467 e. The van der Waals surface area contributed by atoms with Crippen LogP contribution in [0.3, 0.4) is 0 Å². The third kappa shape index (κ3) is 3.83. The van der Waals surface area contributed by atoms with Gasteiger partial charge in [-0.3, -0.25) is 4.79 Å². The van der Waals surface area contributed by atoms with Gasteiger partial charge in [0.2, 0.25) is 15.1 Å². The van der Waals surface area contributed by atoms with Crippen LogP contribution in [0.4, 0.5) is 5.69 Å². The average molecular weight is 361 g/mol. The van der Waals surface area contributed by atoms with E-state index >= 15 is 0 Å². The Morgan fingerprint density at radius 1 is 1.45 bits per heavy atom. The molecule has 1 heterocycles. The first-order valence-corrected chi connectivity index (χ1v) is 9.18. The van der Waals surface area contributed by atoms with E-state index in [0.717, 1.165) is 11.8 Å². The molecule has 2 rings (SSSR count). The molecule has 0 saturated heterocycles. The molecule has 6 nitrogen and oxygen atoms in total. The third-order valence-electron chi connectivity index (χ3n) is 2.82. The summed E-state index contributed by atoms with van der Waals surface area (Å²) in [6.07, 6.45) is 3.13. The normalized spacial score (nSPS) is 11.4. The number of nitrogens with two attached hydrogens (primary N) is 1. The maximum atomic E-state index is 12.0. The van der Waals surface area contributed by atoms with Gasteiger partial charge in [0.15, 0.2) is 0 Å². The smallest absolute Gasteiger partial charge is 0.239 e. The molecule has 0 aliphatic heterocycles. The van der Waals surface area contributed by atoms with Crippen molar-refractivity contribution in [3.05, 3.63) is 46.9 Å². The molecule has 0 fully saturated rings. The van der Waals surface area contributed by atoms with Crippen LogP contribution in [0.25, 0.3) is 0 Å². The maximum Gasteiger partial charge on any atom is 0.239 e. The zero-order valence-electron chi connectivity index (χ0n) is 11.5. The van der Waals surface area contributed by atoms with Crippen LogP contribution < -0.4 is 10.5 Å². The highest BCUT2D eigenvalue weighted by atomic mass is 35.5. The summed E-state index contributed by atoms with van der Waals surface area (Å²) in [6, 6.07) is 6.06. The van der Waals surface area contributed by atoms with Crippen molar-refractivity contribution in [2.24, 2.45) is 5.14 Å². The Balaban J connectivity index is 2.43. The number of hydrogen-bond acceptors (Lipinski definition) is 6. The molecule has 22 heavy (non-hydrogen) atoms. The van der Waals surface area contributed by atoms with Crippen molar-refractivity contribution in [2.75, 3.05) is 11.6 Å². The lowest BCUT2D eigenvalue weighted by atomic mass is 10.2. The van der Waals surface area contributed by atoms with Crippen molar-refractivity contribution in [1.82, 2.24) is 0 Å². The molecule has 1 aromatic carbocycles. The molecule has 0 saturated carbocycles. The molecule has 9 heteroatoms. The van der Waals surface area contributed by atoms with E-state index < -0.39 is 10.0 Å². The molecule has 0 spiro atoms. The number of rotatable bonds is 5. The van der Waals surface area contributed by atoms with Gasteiger partial charge >= 0.3 is 0 Å². The van der Waals surface area contributed by atoms with Crippen LogP contribution in [0, 0.1) is 0 Å². The van der Waals surface area contributed by atoms with Crippen molar-refractivity contribution >= 4 is 44.2 Å². The number of primary sulfonamides is 1. The van der Waals surface area contributed by atoms with Crippen molar-refractivity contribution in [1.29, 1.82) is 0 Å². The molecule has 0 aliphatic rings. The van der Waals surface area contributed by atoms with E-state index in [1.807, 2.05) is 0 Å². The van der Waals surface area contributed by atoms with Gasteiger partial charge in [0, 0.05) is 5.69 Å². The molecule has 3 N–H and O–H groups in total. The maximum absolute atomic E-state index is 12.0. The van der Waals surface area contributed by atoms with Crippen molar-refractivity contribution < 1.29 is 17.6 Å². The first kappa shape index (κ1) is 16.9. The first-order valence-electron chi connectivity index (χ1n) is 6.04. The van der Waals surface area contributed by atoms with E-state index in [1.165, 1.54) is 18.4 Å². The number of benzene rings is 1. The minimum absolute atomic E-state index is 0.0536. The highest BCUT2D eigenvalue weighted by molar-refractivity contribution is 8.13. The quantitative estimate of drug-likeness (QED) is 0.849. The van der Waals surface area contributed by atoms with E-state index in [0.29, 0.717) is 18.0 Å². The van der Waals surface area contributed by atoms with Gasteiger partial charge in [-0.2, -0.15) is 0 Å². The van der Waals surface area contributed by atoms with Crippen molar-refractivity contribution in [3.63, 3.8) is 0 Å². The van der Waals surface area contributed by atoms with Crippen molar-refractivity contribution in [3.8, 4) is 0 Å². The van der Waals surface area contributed by atoms with Crippen LogP contribution in [0.15, 0.2) is 39.8 Å². The fraction of sp³-hybridized carbons (Fsp3) is 0.154. The summed E-state index contributed by atoms with van der Waals surface area (Å²) in [5.74, 6) is 0.661. The van der Waals surface area contributed by atoms with Gasteiger partial charge in [-0.25, -0.2) is 13.6 Å². The Kier molecular flexibility index (Phi) is 5.17. The fourth-order valence-electron chi connectivity index (χ4n) is 1.79. The molecule has 0 bridgehead atoms. The summed E-state index contributed by atoms with van der Waals surface area (Å²) >= 11 is 6.91. The Labute approximate surface area is 137 Å². The highest BCUT2D eigenvalue weighted by Crippen LogP contribution is 2.30. The number of nitrogens with one attached hydrogen (secondary N) is 1. The lowest BCUT2D eigenvalue weighted by Gasteiger charge is -2.12. The van der Waals surface area contributed by atoms with Crippen LogP contribution in [0.2, 0.25) is 5.02 Å². The lowest BCUT2D eigenvalue weighted by Crippen LogP contribution is -2.14. The van der Waals surface area contributed by atoms with E-state index in [1.54, 1.807) is 18.4 Å². The minimum atomic E-state index is -4.01. The number of furan rings is 1. The molecule has 118 valence electrons. The summed E-state index contributed by atoms with van der Waals surface area (Å²) in [5, 5.41) is 7.75. The topological polar surface area (TPSA) is 102 Å². The number of hydrogen-bond donors (Lipinski definition) is 2. The van der Waals surface area contributed by atoms with Crippen molar-refractivity contribution in [2.45, 2.75) is 11.4 Å². The standard InChI is InChI=1S/C13H13ClN2O4S2/c1-21-13(17)9-5-12(22(15,18)19)10(14)6-11(9)16-7-8-3-2-4-20-8/h2-6,16H,7H2,1H3,(H2,15,18,19). The van der Waals surface area contributed by atoms with Gasteiger partial charge in [0.25, 0.3) is 0 Å². The summed E-state index contributed by atoms with van der Waals surface area (Å²) in [6.45, 7) is 0.326. The number of anilines is 1. The molecular weight excluding hydrogens is 348 g/mol. The fourth-order valence-corrected chi connectivity index (χ4v) is 3.28. The van der Waals surface area contributed by atoms with Crippen LogP contribution in [0.1, 0.15) is 16.1 Å². The molecular formula is C13H13ClN2O4S2. The molecule has 0 atom stereocenters. The van der Waals surface area contributed by atoms with Gasteiger partial charge in [-0.05, 0) is 30.5 Å². The first-order chi connectivity index (χ1) is 10.3. The second-order valence-corrected chi connectivity index (χ2v) is 7.01. The Morgan fingerprint density at radius 3 is 2.73 bits per heavy atom. The average Bonchev–Trinajstić information content (AvgIpc) is 2.96. The number of halogens is 1. The molecule has 1 aromatic heterocycles. The largest absolute Gasteiger partial charge is 0.467 e. The zero-order chi connectivity index (χ0) is 16.3. The number of carbonyl (C=O) groups is 1. The van der Waals surface area contributed by atoms with Gasteiger partial charge < -0.3 is 9.73 Å². The summed E-state index contributed by atoms with van der Waals surface area (Å²) in [7, 11) is -4.01. The Hall–Kier alpha value is -1.48. The second kappa shape index (κ2) is 6.74. The number of carbonyl (C=O) groups excluding carboxylic acids is 1. The van der Waals surface area contributed by atoms with Gasteiger partial charge in [-0.1, -0.05) is 23.4 Å². The molecule has 0 aliphatic carbocycles. The molecule has 0 amide bonds. The predicted octanol–water partition coefficient (Wildman–Crippen LogP) is 2.70. The number of thioether (sulfide) groups is 1. The molecule has 2 aromatic rings. The van der Waals surface area contributed by atoms with Gasteiger partial charge in [0.1, 0.15) is 10.7 Å². The van der Waals surface area contributed by atoms with Crippen LogP contribution in [-0.2, 0) is 16.6 Å². The summed E-state index contributed by atoms with van der Waals surface area (Å²) in [4.78, 5) is 11.7. The molecule has 0 unspecified atom stereocenters. The van der Waals surface area contributed by atoms with E-state index in [-0.39, 0.29) is 20.6 Å². The van der Waals surface area contributed by atoms with Crippen LogP contribution in [-0.4, -0.2) is 19.8 Å². The van der Waals surface area contributed by atoms with Gasteiger partial charge in [0.05, 0.1) is 23.4 Å². The predicted molar refractivity (Wildman–Crippen MR) is 86.7 cm³/mol. The Bertz CT molecular complexity index is 789. The molecule has 0 radical (unpaired) electrons. The van der Waals surface area contributed by atoms with Crippen LogP contribution in [0.5, 0.6) is 0 Å². The number of sulfonamides is 1. The monoisotopic (exact) mass is 360 g/mol. The summed E-state index contributed by atoms with van der Waals surface area (Å²) in [5.41, 5.74) is 0.598. The zero-order valence-corrected chi connectivity index (χ0v) is 13.9. The highest BCUT2D eigenvalue weighted by Gasteiger charge is 2.20. The SMILES string of the molecule is CSC(=O)c1cc(S(N)(=O)=O)c(Cl)cc1NCc1ccco1. The Morgan fingerprint density at radius 2 is 2.18 bits per heavy atom. The van der Waals surface area contributed by atoms with E-state index in [4.69, 9.17) is 21.2 Å².